The van der Waals surface area contributed by atoms with Crippen molar-refractivity contribution < 1.29 is 19.1 Å². The maximum absolute atomic E-state index is 11.5. The van der Waals surface area contributed by atoms with Gasteiger partial charge < -0.3 is 14.8 Å². The molecule has 0 aromatic heterocycles. The standard InChI is InChI=1S/C17H22N2O4/c20-16-7-8-17(21)19(16)10-4-3-9-18-11-13-12-22-14-5-1-2-6-15(14)23-13/h1-2,5-6,13,18H,3-4,7-12H2. The molecule has 2 amide bonds. The predicted molar refractivity (Wildman–Crippen MR) is 84.4 cm³/mol. The van der Waals surface area contributed by atoms with Crippen molar-refractivity contribution in [2.45, 2.75) is 31.8 Å². The summed E-state index contributed by atoms with van der Waals surface area (Å²) >= 11 is 0. The van der Waals surface area contributed by atoms with Crippen LogP contribution in [0.25, 0.3) is 0 Å². The Balaban J connectivity index is 1.29. The molecule has 1 saturated heterocycles. The number of unbranched alkanes of at least 4 members (excludes halogenated alkanes) is 1. The lowest BCUT2D eigenvalue weighted by molar-refractivity contribution is -0.138. The summed E-state index contributed by atoms with van der Waals surface area (Å²) in [5.74, 6) is 1.52. The van der Waals surface area contributed by atoms with Gasteiger partial charge >= 0.3 is 0 Å². The van der Waals surface area contributed by atoms with Crippen LogP contribution in [0, 0.1) is 0 Å². The van der Waals surface area contributed by atoms with E-state index in [0.29, 0.717) is 26.0 Å². The molecule has 23 heavy (non-hydrogen) atoms. The smallest absolute Gasteiger partial charge is 0.229 e. The largest absolute Gasteiger partial charge is 0.486 e. The van der Waals surface area contributed by atoms with E-state index in [1.165, 1.54) is 4.90 Å². The van der Waals surface area contributed by atoms with Gasteiger partial charge in [-0.15, -0.1) is 0 Å². The van der Waals surface area contributed by atoms with Crippen LogP contribution in [0.15, 0.2) is 24.3 Å². The molecule has 3 rings (SSSR count). The van der Waals surface area contributed by atoms with E-state index in [9.17, 15) is 9.59 Å². The van der Waals surface area contributed by atoms with E-state index >= 15 is 0 Å². The molecule has 0 bridgehead atoms. The van der Waals surface area contributed by atoms with Crippen LogP contribution in [-0.2, 0) is 9.59 Å². The fraction of sp³-hybridized carbons (Fsp3) is 0.529. The van der Waals surface area contributed by atoms with Crippen molar-refractivity contribution in [3.05, 3.63) is 24.3 Å². The summed E-state index contributed by atoms with van der Waals surface area (Å²) in [6.07, 6.45) is 2.50. The summed E-state index contributed by atoms with van der Waals surface area (Å²) in [4.78, 5) is 24.3. The molecule has 1 aromatic carbocycles. The fourth-order valence-corrected chi connectivity index (χ4v) is 2.82. The lowest BCUT2D eigenvalue weighted by atomic mass is 10.2. The number of para-hydroxylation sites is 2. The number of carbonyl (C=O) groups excluding carboxylic acids is 2. The van der Waals surface area contributed by atoms with Crippen LogP contribution in [0.2, 0.25) is 0 Å². The zero-order chi connectivity index (χ0) is 16.1. The van der Waals surface area contributed by atoms with Gasteiger partial charge in [-0.3, -0.25) is 14.5 Å². The minimum atomic E-state index is -0.0330. The number of carbonyl (C=O) groups is 2. The van der Waals surface area contributed by atoms with Crippen molar-refractivity contribution in [3.8, 4) is 11.5 Å². The van der Waals surface area contributed by atoms with Crippen molar-refractivity contribution in [1.82, 2.24) is 10.2 Å². The molecule has 1 unspecified atom stereocenters. The molecule has 1 atom stereocenters. The second-order valence-electron chi connectivity index (χ2n) is 5.85. The van der Waals surface area contributed by atoms with Gasteiger partial charge in [0, 0.05) is 25.9 Å². The van der Waals surface area contributed by atoms with E-state index in [1.807, 2.05) is 24.3 Å². The number of likely N-dealkylation sites (tertiary alicyclic amines) is 1. The van der Waals surface area contributed by atoms with Crippen molar-refractivity contribution >= 4 is 11.8 Å². The van der Waals surface area contributed by atoms with Crippen molar-refractivity contribution in [2.75, 3.05) is 26.2 Å². The molecule has 2 aliphatic heterocycles. The molecule has 124 valence electrons. The molecule has 0 radical (unpaired) electrons. The average Bonchev–Trinajstić information content (AvgIpc) is 2.89. The summed E-state index contributed by atoms with van der Waals surface area (Å²) in [5.41, 5.74) is 0. The first kappa shape index (κ1) is 15.8. The number of ether oxygens (including phenoxy) is 2. The van der Waals surface area contributed by atoms with Crippen LogP contribution >= 0.6 is 0 Å². The second-order valence-corrected chi connectivity index (χ2v) is 5.85. The Labute approximate surface area is 135 Å². The van der Waals surface area contributed by atoms with E-state index in [1.54, 1.807) is 0 Å². The number of hydrogen-bond donors (Lipinski definition) is 1. The fourth-order valence-electron chi connectivity index (χ4n) is 2.82. The number of rotatable bonds is 7. The van der Waals surface area contributed by atoms with Crippen LogP contribution in [0.5, 0.6) is 11.5 Å². The molecule has 2 aliphatic rings. The Kier molecular flexibility index (Phi) is 5.12. The SMILES string of the molecule is O=C1CCC(=O)N1CCCCNCC1COc2ccccc2O1. The quantitative estimate of drug-likeness (QED) is 0.607. The van der Waals surface area contributed by atoms with E-state index in [4.69, 9.17) is 9.47 Å². The molecule has 1 aromatic rings. The van der Waals surface area contributed by atoms with Crippen LogP contribution in [-0.4, -0.2) is 49.1 Å². The molecule has 0 aliphatic carbocycles. The third-order valence-electron chi connectivity index (χ3n) is 4.08. The van der Waals surface area contributed by atoms with E-state index < -0.39 is 0 Å². The van der Waals surface area contributed by atoms with Gasteiger partial charge in [-0.1, -0.05) is 12.1 Å². The van der Waals surface area contributed by atoms with Gasteiger partial charge in [-0.2, -0.15) is 0 Å². The molecule has 6 nitrogen and oxygen atoms in total. The molecule has 1 N–H and O–H groups in total. The Morgan fingerprint density at radius 3 is 2.61 bits per heavy atom. The van der Waals surface area contributed by atoms with Gasteiger partial charge in [0.15, 0.2) is 11.5 Å². The van der Waals surface area contributed by atoms with Gasteiger partial charge in [0.25, 0.3) is 0 Å². The highest BCUT2D eigenvalue weighted by Crippen LogP contribution is 2.30. The lowest BCUT2D eigenvalue weighted by Crippen LogP contribution is -2.39. The predicted octanol–water partition coefficient (Wildman–Crippen LogP) is 1.35. The van der Waals surface area contributed by atoms with Crippen molar-refractivity contribution in [2.24, 2.45) is 0 Å². The third-order valence-corrected chi connectivity index (χ3v) is 4.08. The molecule has 6 heteroatoms. The lowest BCUT2D eigenvalue weighted by Gasteiger charge is -2.26. The minimum absolute atomic E-state index is 0.00615. The van der Waals surface area contributed by atoms with Gasteiger partial charge in [0.2, 0.25) is 11.8 Å². The first-order valence-electron chi connectivity index (χ1n) is 8.16. The van der Waals surface area contributed by atoms with Crippen LogP contribution < -0.4 is 14.8 Å². The Bertz CT molecular complexity index is 559. The number of amides is 2. The van der Waals surface area contributed by atoms with Crippen molar-refractivity contribution in [3.63, 3.8) is 0 Å². The Morgan fingerprint density at radius 1 is 1.09 bits per heavy atom. The first-order chi connectivity index (χ1) is 11.2. The van der Waals surface area contributed by atoms with E-state index in [0.717, 1.165) is 37.4 Å². The number of nitrogens with one attached hydrogen (secondary N) is 1. The molecular weight excluding hydrogens is 296 g/mol. The zero-order valence-electron chi connectivity index (χ0n) is 13.1. The van der Waals surface area contributed by atoms with Gasteiger partial charge in [0.05, 0.1) is 0 Å². The maximum atomic E-state index is 11.5. The second kappa shape index (κ2) is 7.46. The van der Waals surface area contributed by atoms with Crippen LogP contribution in [0.1, 0.15) is 25.7 Å². The normalized spacial score (nSPS) is 20.2. The van der Waals surface area contributed by atoms with E-state index in [-0.39, 0.29) is 17.9 Å². The number of fused-ring (bicyclic) bond motifs is 1. The molecule has 1 fully saturated rings. The van der Waals surface area contributed by atoms with Gasteiger partial charge in [-0.25, -0.2) is 0 Å². The third kappa shape index (κ3) is 4.01. The average molecular weight is 318 g/mol. The Morgan fingerprint density at radius 2 is 1.83 bits per heavy atom. The number of nitrogens with zero attached hydrogens (tertiary/aromatic N) is 1. The summed E-state index contributed by atoms with van der Waals surface area (Å²) < 4.78 is 11.5. The monoisotopic (exact) mass is 318 g/mol. The summed E-state index contributed by atoms with van der Waals surface area (Å²) in [5, 5.41) is 3.34. The summed E-state index contributed by atoms with van der Waals surface area (Å²) in [6, 6.07) is 7.67. The number of benzene rings is 1. The highest BCUT2D eigenvalue weighted by atomic mass is 16.6. The number of imide groups is 1. The summed E-state index contributed by atoms with van der Waals surface area (Å²) in [7, 11) is 0. The topological polar surface area (TPSA) is 67.9 Å². The van der Waals surface area contributed by atoms with Crippen LogP contribution in [0.3, 0.4) is 0 Å². The van der Waals surface area contributed by atoms with E-state index in [2.05, 4.69) is 5.32 Å². The van der Waals surface area contributed by atoms with Gasteiger partial charge in [0.1, 0.15) is 12.7 Å². The first-order valence-corrected chi connectivity index (χ1v) is 8.16. The summed E-state index contributed by atoms with van der Waals surface area (Å²) in [6.45, 7) is 2.63. The highest BCUT2D eigenvalue weighted by Gasteiger charge is 2.27. The zero-order valence-corrected chi connectivity index (χ0v) is 13.1. The number of hydrogen-bond acceptors (Lipinski definition) is 5. The van der Waals surface area contributed by atoms with Crippen LogP contribution in [0.4, 0.5) is 0 Å². The molecule has 2 heterocycles. The molecular formula is C17H22N2O4. The maximum Gasteiger partial charge on any atom is 0.229 e. The highest BCUT2D eigenvalue weighted by molar-refractivity contribution is 6.01. The van der Waals surface area contributed by atoms with Crippen molar-refractivity contribution in [1.29, 1.82) is 0 Å². The molecule has 0 spiro atoms. The molecule has 0 saturated carbocycles. The minimum Gasteiger partial charge on any atom is -0.486 e. The van der Waals surface area contributed by atoms with Gasteiger partial charge in [-0.05, 0) is 31.5 Å². The Hall–Kier alpha value is -2.08.